The van der Waals surface area contributed by atoms with Gasteiger partial charge in [0.1, 0.15) is 57.4 Å². The molecule has 0 unspecified atom stereocenters. The molecule has 6 N–H and O–H groups in total. The van der Waals surface area contributed by atoms with E-state index in [1.807, 2.05) is 0 Å². The van der Waals surface area contributed by atoms with E-state index < -0.39 is 32.8 Å². The molecule has 4 rings (SSSR count). The molecule has 0 aromatic heterocycles. The Morgan fingerprint density at radius 2 is 1.04 bits per heavy atom. The van der Waals surface area contributed by atoms with Crippen molar-refractivity contribution in [1.29, 1.82) is 5.26 Å². The van der Waals surface area contributed by atoms with Gasteiger partial charge in [0, 0.05) is 41.0 Å². The molecule has 1 radical (unpaired) electrons. The van der Waals surface area contributed by atoms with Gasteiger partial charge in [0.25, 0.3) is 17.1 Å². The normalized spacial score (nSPS) is 10.3. The maximum atomic E-state index is 10.7. The van der Waals surface area contributed by atoms with E-state index in [1.165, 1.54) is 12.1 Å². The van der Waals surface area contributed by atoms with Gasteiger partial charge in [-0.3, -0.25) is 20.2 Å². The summed E-state index contributed by atoms with van der Waals surface area (Å²) in [7, 11) is 0. The molecule has 0 bridgehead atoms. The first-order valence-corrected chi connectivity index (χ1v) is 11.5. The number of azo groups is 2. The van der Waals surface area contributed by atoms with Crippen LogP contribution < -0.4 is 0 Å². The molecule has 4 aromatic rings. The van der Waals surface area contributed by atoms with Gasteiger partial charge < -0.3 is 30.6 Å². The molecule has 0 spiro atoms. The molecule has 4 aromatic carbocycles. The Kier molecular flexibility index (Phi) is 11.4. The molecule has 0 fully saturated rings. The SMILES string of the molecule is N#Cc1c(O)ccc(N=Nc2cc([N+](=O)[O-])ccc2O)c1O.[C-]#[N+]c1c(O)ccc(N=Nc2cc([N+](=O)[O-])ccc2O)c1O.[Co]. The zero-order chi connectivity index (χ0) is 32.6. The van der Waals surface area contributed by atoms with Crippen molar-refractivity contribution in [2.24, 2.45) is 20.5 Å². The summed E-state index contributed by atoms with van der Waals surface area (Å²) in [4.78, 5) is 23.0. The third kappa shape index (κ3) is 8.14. The first-order valence-electron chi connectivity index (χ1n) is 11.5. The van der Waals surface area contributed by atoms with Gasteiger partial charge in [0.2, 0.25) is 0 Å². The Hall–Kier alpha value is -6.83. The van der Waals surface area contributed by atoms with Crippen molar-refractivity contribution in [2.45, 2.75) is 0 Å². The van der Waals surface area contributed by atoms with Crippen LogP contribution in [0.15, 0.2) is 81.1 Å². The van der Waals surface area contributed by atoms with Crippen LogP contribution in [0, 0.1) is 38.1 Å². The first-order chi connectivity index (χ1) is 20.9. The number of aromatic hydroxyl groups is 6. The minimum absolute atomic E-state index is 0. The van der Waals surface area contributed by atoms with E-state index in [9.17, 15) is 50.9 Å². The van der Waals surface area contributed by atoms with Gasteiger partial charge in [0.15, 0.2) is 11.5 Å². The number of nitrogens with zero attached hydrogens (tertiary/aromatic N) is 8. The fourth-order valence-electron chi connectivity index (χ4n) is 3.14. The monoisotopic (exact) mass is 659 g/mol. The molecular weight excluding hydrogens is 643 g/mol. The molecule has 45 heavy (non-hydrogen) atoms. The molecule has 0 atom stereocenters. The Labute approximate surface area is 261 Å². The van der Waals surface area contributed by atoms with Crippen LogP contribution in [0.2, 0.25) is 0 Å². The number of nitro groups is 2. The van der Waals surface area contributed by atoms with Crippen LogP contribution in [0.5, 0.6) is 34.5 Å². The van der Waals surface area contributed by atoms with Crippen LogP contribution in [0.4, 0.5) is 39.8 Å². The Morgan fingerprint density at radius 1 is 0.644 bits per heavy atom. The van der Waals surface area contributed by atoms with E-state index in [4.69, 9.17) is 11.8 Å². The molecule has 19 heteroatoms. The van der Waals surface area contributed by atoms with Crippen LogP contribution in [-0.4, -0.2) is 40.5 Å². The minimum Gasteiger partial charge on any atom is -0.519 e. The average molecular weight is 659 g/mol. The first kappa shape index (κ1) is 34.4. The van der Waals surface area contributed by atoms with Crippen molar-refractivity contribution in [3.63, 3.8) is 0 Å². The zero-order valence-electron chi connectivity index (χ0n) is 22.0. The summed E-state index contributed by atoms with van der Waals surface area (Å²) in [5.41, 5.74) is -1.97. The van der Waals surface area contributed by atoms with Crippen LogP contribution in [0.3, 0.4) is 0 Å². The standard InChI is InChI=1S/2C13H8N4O5.Co/c1-14-12-11(19)5-3-8(13(12)20)15-16-9-6-7(17(21)22)2-4-10(9)18;14-6-8-11(18)4-2-9(13(8)20)15-16-10-5-7(17(21)22)1-3-12(10)19;/h2-6,18-20H;1-5,18-20H;. The number of non-ortho nitro benzene ring substituents is 2. The van der Waals surface area contributed by atoms with Gasteiger partial charge >= 0.3 is 0 Å². The summed E-state index contributed by atoms with van der Waals surface area (Å²) in [6.07, 6.45) is 0. The predicted octanol–water partition coefficient (Wildman–Crippen LogP) is 6.67. The third-order valence-corrected chi connectivity index (χ3v) is 5.34. The number of benzene rings is 4. The minimum atomic E-state index is -0.662. The molecular formula is C26H16CoN8O10. The number of phenolic OH excluding ortho intramolecular Hbond substituents is 6. The molecule has 0 saturated heterocycles. The van der Waals surface area contributed by atoms with Gasteiger partial charge in [-0.25, -0.2) is 4.85 Å². The van der Waals surface area contributed by atoms with Crippen LogP contribution in [-0.2, 0) is 16.8 Å². The molecule has 0 aliphatic heterocycles. The van der Waals surface area contributed by atoms with Crippen molar-refractivity contribution in [2.75, 3.05) is 0 Å². The third-order valence-electron chi connectivity index (χ3n) is 5.34. The van der Waals surface area contributed by atoms with E-state index in [2.05, 4.69) is 25.3 Å². The van der Waals surface area contributed by atoms with E-state index in [1.54, 1.807) is 6.07 Å². The fraction of sp³-hybridized carbons (Fsp3) is 0. The molecule has 229 valence electrons. The maximum Gasteiger partial charge on any atom is 0.271 e. The van der Waals surface area contributed by atoms with Crippen molar-refractivity contribution in [3.8, 4) is 40.6 Å². The topological polar surface area (TPSA) is 285 Å². The van der Waals surface area contributed by atoms with E-state index >= 15 is 0 Å². The predicted molar refractivity (Wildman–Crippen MR) is 148 cm³/mol. The molecule has 0 aliphatic carbocycles. The van der Waals surface area contributed by atoms with Gasteiger partial charge in [-0.15, -0.1) is 20.5 Å². The van der Waals surface area contributed by atoms with Crippen LogP contribution in [0.25, 0.3) is 4.85 Å². The van der Waals surface area contributed by atoms with E-state index in [0.717, 1.165) is 48.5 Å². The summed E-state index contributed by atoms with van der Waals surface area (Å²) in [5.74, 6) is -2.67. The molecule has 18 nitrogen and oxygen atoms in total. The number of nitriles is 1. The van der Waals surface area contributed by atoms with Gasteiger partial charge in [-0.1, -0.05) is 0 Å². The number of nitro benzene ring substituents is 2. The van der Waals surface area contributed by atoms with Crippen molar-refractivity contribution in [1.82, 2.24) is 0 Å². The van der Waals surface area contributed by atoms with Crippen LogP contribution >= 0.6 is 0 Å². The number of rotatable bonds is 6. The smallest absolute Gasteiger partial charge is 0.271 e. The largest absolute Gasteiger partial charge is 0.519 e. The summed E-state index contributed by atoms with van der Waals surface area (Å²) >= 11 is 0. The van der Waals surface area contributed by atoms with Crippen LogP contribution in [0.1, 0.15) is 5.56 Å². The zero-order valence-corrected chi connectivity index (χ0v) is 23.0. The second kappa shape index (κ2) is 14.9. The Bertz CT molecular complexity index is 1800. The van der Waals surface area contributed by atoms with Crippen molar-refractivity contribution >= 4 is 39.8 Å². The van der Waals surface area contributed by atoms with E-state index in [0.29, 0.717) is 0 Å². The summed E-state index contributed by atoms with van der Waals surface area (Å²) in [5, 5.41) is 102. The Morgan fingerprint density at radius 3 is 1.47 bits per heavy atom. The number of phenols is 6. The summed E-state index contributed by atoms with van der Waals surface area (Å²) in [6.45, 7) is 6.85. The number of hydrogen-bond donors (Lipinski definition) is 6. The molecule has 0 aliphatic rings. The molecule has 0 saturated carbocycles. The summed E-state index contributed by atoms with van der Waals surface area (Å²) in [6, 6.07) is 12.7. The second-order valence-corrected chi connectivity index (χ2v) is 8.11. The maximum absolute atomic E-state index is 10.7. The average Bonchev–Trinajstić information content (AvgIpc) is 2.98. The molecule has 0 heterocycles. The van der Waals surface area contributed by atoms with Crippen molar-refractivity contribution < 1.29 is 57.3 Å². The van der Waals surface area contributed by atoms with Crippen molar-refractivity contribution in [3.05, 3.63) is 97.9 Å². The fourth-order valence-corrected chi connectivity index (χ4v) is 3.14. The molecule has 0 amide bonds. The summed E-state index contributed by atoms with van der Waals surface area (Å²) < 4.78 is 0. The van der Waals surface area contributed by atoms with Gasteiger partial charge in [-0.2, -0.15) is 5.26 Å². The quantitative estimate of drug-likeness (QED) is 0.0549. The Balaban J connectivity index is 0.000000307. The number of hydrogen-bond acceptors (Lipinski definition) is 15. The van der Waals surface area contributed by atoms with Gasteiger partial charge in [0.05, 0.1) is 16.4 Å². The second-order valence-electron chi connectivity index (χ2n) is 8.11. The van der Waals surface area contributed by atoms with E-state index in [-0.39, 0.29) is 73.7 Å². The van der Waals surface area contributed by atoms with Gasteiger partial charge in [-0.05, 0) is 36.4 Å².